The van der Waals surface area contributed by atoms with Crippen molar-refractivity contribution < 1.29 is 0 Å². The van der Waals surface area contributed by atoms with Crippen LogP contribution in [0.2, 0.25) is 0 Å². The lowest BCUT2D eigenvalue weighted by Crippen LogP contribution is -2.24. The number of nitrogens with zero attached hydrogens (tertiary/aromatic N) is 1. The number of aromatic nitrogens is 1. The molecule has 0 aliphatic carbocycles. The zero-order valence-corrected chi connectivity index (χ0v) is 10.7. The van der Waals surface area contributed by atoms with Crippen LogP contribution in [0.5, 0.6) is 0 Å². The van der Waals surface area contributed by atoms with Crippen LogP contribution in [0.3, 0.4) is 0 Å². The van der Waals surface area contributed by atoms with E-state index in [-0.39, 0.29) is 0 Å². The summed E-state index contributed by atoms with van der Waals surface area (Å²) in [4.78, 5) is 0. The number of hydrogen-bond donors (Lipinski definition) is 1. The van der Waals surface area contributed by atoms with E-state index in [1.54, 1.807) is 0 Å². The zero-order chi connectivity index (χ0) is 11.0. The van der Waals surface area contributed by atoms with Gasteiger partial charge in [-0.1, -0.05) is 6.92 Å². The van der Waals surface area contributed by atoms with Crippen molar-refractivity contribution in [3.8, 4) is 0 Å². The molecule has 0 saturated heterocycles. The van der Waals surface area contributed by atoms with Crippen molar-refractivity contribution in [1.82, 2.24) is 4.68 Å². The molecule has 0 amide bonds. The smallest absolute Gasteiger partial charge is 0.0703 e. The van der Waals surface area contributed by atoms with Crippen molar-refractivity contribution in [3.63, 3.8) is 0 Å². The Labute approximate surface area is 104 Å². The molecule has 0 saturated carbocycles. The quantitative estimate of drug-likeness (QED) is 0.875. The van der Waals surface area contributed by atoms with Gasteiger partial charge in [0.15, 0.2) is 0 Å². The summed E-state index contributed by atoms with van der Waals surface area (Å²) >= 11 is 3.86. The summed E-state index contributed by atoms with van der Waals surface area (Å²) < 4.78 is 3.53. The Morgan fingerprint density at radius 3 is 3.00 bits per heavy atom. The molecule has 1 unspecified atom stereocenters. The van der Waals surface area contributed by atoms with E-state index in [2.05, 4.69) is 40.9 Å². The number of nitrogens with one attached hydrogen (secondary N) is 1. The van der Waals surface area contributed by atoms with Crippen molar-refractivity contribution in [1.29, 1.82) is 0 Å². The Morgan fingerprint density at radius 2 is 2.19 bits per heavy atom. The number of fused-ring (bicyclic) bond motifs is 1. The van der Waals surface area contributed by atoms with Gasteiger partial charge >= 0.3 is 0 Å². The topological polar surface area (TPSA) is 17.0 Å². The molecule has 4 heteroatoms. The Bertz CT molecular complexity index is 461. The fourth-order valence-electron chi connectivity index (χ4n) is 2.07. The van der Waals surface area contributed by atoms with E-state index in [1.165, 1.54) is 16.2 Å². The molecule has 0 spiro atoms. The van der Waals surface area contributed by atoms with Crippen molar-refractivity contribution >= 4 is 23.1 Å². The summed E-state index contributed by atoms with van der Waals surface area (Å²) in [5.41, 5.74) is 5.00. The maximum absolute atomic E-state index is 3.54. The van der Waals surface area contributed by atoms with E-state index in [4.69, 9.17) is 0 Å². The first-order valence-corrected chi connectivity index (χ1v) is 7.22. The Balaban J connectivity index is 1.86. The lowest BCUT2D eigenvalue weighted by molar-refractivity contribution is 0.604. The summed E-state index contributed by atoms with van der Waals surface area (Å²) in [6.07, 6.45) is 5.30. The van der Waals surface area contributed by atoms with E-state index in [0.717, 1.165) is 0 Å². The second kappa shape index (κ2) is 4.18. The van der Waals surface area contributed by atoms with Gasteiger partial charge in [0.2, 0.25) is 0 Å². The molecular formula is C12H14N2S2. The Hall–Kier alpha value is -0.870. The van der Waals surface area contributed by atoms with Gasteiger partial charge in [0, 0.05) is 23.2 Å². The highest BCUT2D eigenvalue weighted by Gasteiger charge is 2.26. The first-order chi connectivity index (χ1) is 7.83. The standard InChI is InChI=1S/C12H14N2S2/c1-9-8-11(13-14-5-2-3-6-14)10-4-7-15-12(10)16-9/h2-7,9,11,13H,8H2,1H3/t9-,11?/m0/s1. The molecule has 3 rings (SSSR count). The van der Waals surface area contributed by atoms with Crippen LogP contribution in [0.25, 0.3) is 0 Å². The van der Waals surface area contributed by atoms with E-state index < -0.39 is 0 Å². The third kappa shape index (κ3) is 1.87. The molecule has 1 aliphatic rings. The van der Waals surface area contributed by atoms with Crippen LogP contribution < -0.4 is 5.43 Å². The molecule has 3 heterocycles. The molecule has 84 valence electrons. The van der Waals surface area contributed by atoms with Crippen LogP contribution in [-0.4, -0.2) is 9.93 Å². The van der Waals surface area contributed by atoms with E-state index >= 15 is 0 Å². The largest absolute Gasteiger partial charge is 0.319 e. The van der Waals surface area contributed by atoms with Gasteiger partial charge in [-0.25, -0.2) is 0 Å². The normalized spacial score (nSPS) is 24.1. The van der Waals surface area contributed by atoms with Crippen LogP contribution in [0, 0.1) is 0 Å². The Morgan fingerprint density at radius 1 is 1.38 bits per heavy atom. The highest BCUT2D eigenvalue weighted by molar-refractivity contribution is 8.01. The molecule has 0 fully saturated rings. The average Bonchev–Trinajstić information content (AvgIpc) is 2.87. The van der Waals surface area contributed by atoms with Crippen molar-refractivity contribution in [2.45, 2.75) is 28.8 Å². The molecule has 1 aliphatic heterocycles. The zero-order valence-electron chi connectivity index (χ0n) is 9.09. The number of hydrogen-bond acceptors (Lipinski definition) is 3. The molecule has 16 heavy (non-hydrogen) atoms. The first kappa shape index (κ1) is 10.3. The van der Waals surface area contributed by atoms with E-state index in [1.807, 2.05) is 35.2 Å². The molecule has 0 radical (unpaired) electrons. The third-order valence-electron chi connectivity index (χ3n) is 2.82. The van der Waals surface area contributed by atoms with Crippen LogP contribution in [0.15, 0.2) is 40.2 Å². The summed E-state index contributed by atoms with van der Waals surface area (Å²) in [6.45, 7) is 2.30. The minimum atomic E-state index is 0.449. The number of rotatable bonds is 2. The third-order valence-corrected chi connectivity index (χ3v) is 5.16. The van der Waals surface area contributed by atoms with Gasteiger partial charge in [-0.15, -0.1) is 23.1 Å². The average molecular weight is 250 g/mol. The predicted molar refractivity (Wildman–Crippen MR) is 70.8 cm³/mol. The first-order valence-electron chi connectivity index (χ1n) is 5.46. The second-order valence-electron chi connectivity index (χ2n) is 4.10. The monoisotopic (exact) mass is 250 g/mol. The van der Waals surface area contributed by atoms with Crippen molar-refractivity contribution in [3.05, 3.63) is 41.5 Å². The van der Waals surface area contributed by atoms with Crippen LogP contribution in [0.4, 0.5) is 0 Å². The molecular weight excluding hydrogens is 236 g/mol. The van der Waals surface area contributed by atoms with Crippen LogP contribution in [-0.2, 0) is 0 Å². The van der Waals surface area contributed by atoms with Crippen LogP contribution >= 0.6 is 23.1 Å². The minimum Gasteiger partial charge on any atom is -0.319 e. The SMILES string of the molecule is C[C@H]1CC(Nn2cccc2)c2ccsc2S1. The van der Waals surface area contributed by atoms with E-state index in [9.17, 15) is 0 Å². The molecule has 2 nitrogen and oxygen atoms in total. The minimum absolute atomic E-state index is 0.449. The number of thiophene rings is 1. The highest BCUT2D eigenvalue weighted by atomic mass is 32.2. The molecule has 0 bridgehead atoms. The molecule has 2 aromatic rings. The fraction of sp³-hybridized carbons (Fsp3) is 0.333. The lowest BCUT2D eigenvalue weighted by atomic mass is 10.1. The maximum atomic E-state index is 3.54. The van der Waals surface area contributed by atoms with Crippen molar-refractivity contribution in [2.24, 2.45) is 0 Å². The Kier molecular flexibility index (Phi) is 2.69. The summed E-state index contributed by atoms with van der Waals surface area (Å²) in [5, 5.41) is 2.89. The second-order valence-corrected chi connectivity index (χ2v) is 6.72. The maximum Gasteiger partial charge on any atom is 0.0703 e. The van der Waals surface area contributed by atoms with Gasteiger partial charge < -0.3 is 5.43 Å². The molecule has 1 N–H and O–H groups in total. The van der Waals surface area contributed by atoms with Crippen LogP contribution in [0.1, 0.15) is 24.9 Å². The summed E-state index contributed by atoms with van der Waals surface area (Å²) in [5.74, 6) is 0. The van der Waals surface area contributed by atoms with Gasteiger partial charge in [0.05, 0.1) is 10.3 Å². The molecule has 0 aromatic carbocycles. The number of thioether (sulfide) groups is 1. The van der Waals surface area contributed by atoms with E-state index in [0.29, 0.717) is 11.3 Å². The fourth-order valence-corrected chi connectivity index (χ4v) is 4.64. The van der Waals surface area contributed by atoms with Gasteiger partial charge in [0.25, 0.3) is 0 Å². The lowest BCUT2D eigenvalue weighted by Gasteiger charge is -2.28. The molecule has 2 aromatic heterocycles. The van der Waals surface area contributed by atoms with Gasteiger partial charge in [-0.3, -0.25) is 4.68 Å². The molecule has 2 atom stereocenters. The predicted octanol–water partition coefficient (Wildman–Crippen LogP) is 3.72. The van der Waals surface area contributed by atoms with Gasteiger partial charge in [-0.2, -0.15) is 0 Å². The van der Waals surface area contributed by atoms with Crippen molar-refractivity contribution in [2.75, 3.05) is 5.43 Å². The van der Waals surface area contributed by atoms with Gasteiger partial charge in [-0.05, 0) is 30.0 Å². The highest BCUT2D eigenvalue weighted by Crippen LogP contribution is 2.43. The summed E-state index contributed by atoms with van der Waals surface area (Å²) in [7, 11) is 0. The summed E-state index contributed by atoms with van der Waals surface area (Å²) in [6, 6.07) is 6.79. The van der Waals surface area contributed by atoms with Gasteiger partial charge in [0.1, 0.15) is 0 Å².